The van der Waals surface area contributed by atoms with Gasteiger partial charge in [-0.05, 0) is 42.0 Å². The zero-order valence-corrected chi connectivity index (χ0v) is 13.3. The van der Waals surface area contributed by atoms with Gasteiger partial charge in [-0.25, -0.2) is 0 Å². The average molecular weight is 312 g/mol. The molecule has 5 nitrogen and oxygen atoms in total. The van der Waals surface area contributed by atoms with Crippen LogP contribution < -0.4 is 19.7 Å². The van der Waals surface area contributed by atoms with Crippen LogP contribution in [-0.2, 0) is 6.54 Å². The Morgan fingerprint density at radius 3 is 2.43 bits per heavy atom. The number of hydrogen-bond donors (Lipinski definition) is 1. The molecule has 0 bridgehead atoms. The van der Waals surface area contributed by atoms with Gasteiger partial charge in [0.15, 0.2) is 11.5 Å². The molecule has 2 aromatic rings. The van der Waals surface area contributed by atoms with E-state index in [1.165, 1.54) is 0 Å². The molecule has 1 aliphatic rings. The van der Waals surface area contributed by atoms with Crippen LogP contribution in [0.25, 0.3) is 0 Å². The molecule has 0 saturated heterocycles. The number of hydrogen-bond acceptors (Lipinski definition) is 4. The Bertz CT molecular complexity index is 696. The van der Waals surface area contributed by atoms with Crippen molar-refractivity contribution >= 4 is 11.6 Å². The molecule has 0 fully saturated rings. The molecule has 2 aromatic carbocycles. The third-order valence-electron chi connectivity index (χ3n) is 3.71. The van der Waals surface area contributed by atoms with Gasteiger partial charge in [0.05, 0.1) is 0 Å². The van der Waals surface area contributed by atoms with E-state index < -0.39 is 0 Å². The number of ether oxygens (including phenoxy) is 2. The number of amides is 1. The lowest BCUT2D eigenvalue weighted by molar-refractivity contribution is 0.0951. The Labute approximate surface area is 135 Å². The van der Waals surface area contributed by atoms with Crippen LogP contribution in [0.4, 0.5) is 5.69 Å². The van der Waals surface area contributed by atoms with E-state index in [1.54, 1.807) is 0 Å². The third kappa shape index (κ3) is 3.56. The maximum absolute atomic E-state index is 12.2. The van der Waals surface area contributed by atoms with E-state index >= 15 is 0 Å². The first-order valence-electron chi connectivity index (χ1n) is 7.57. The first-order valence-corrected chi connectivity index (χ1v) is 7.57. The first kappa shape index (κ1) is 15.2. The average Bonchev–Trinajstić information content (AvgIpc) is 2.59. The number of carbonyl (C=O) groups excluding carboxylic acids is 1. The Kier molecular flexibility index (Phi) is 4.37. The minimum Gasteiger partial charge on any atom is -0.486 e. The molecule has 5 heteroatoms. The Hall–Kier alpha value is -2.69. The van der Waals surface area contributed by atoms with Crippen molar-refractivity contribution in [2.45, 2.75) is 6.54 Å². The molecule has 0 radical (unpaired) electrons. The van der Waals surface area contributed by atoms with Gasteiger partial charge in [0.2, 0.25) is 0 Å². The summed E-state index contributed by atoms with van der Waals surface area (Å²) < 4.78 is 11.0. The summed E-state index contributed by atoms with van der Waals surface area (Å²) in [6.07, 6.45) is 0. The molecule has 1 amide bonds. The van der Waals surface area contributed by atoms with Gasteiger partial charge in [0, 0.05) is 31.9 Å². The topological polar surface area (TPSA) is 50.8 Å². The normalized spacial score (nSPS) is 12.6. The van der Waals surface area contributed by atoms with Crippen LogP contribution >= 0.6 is 0 Å². The predicted molar refractivity (Wildman–Crippen MR) is 89.4 cm³/mol. The largest absolute Gasteiger partial charge is 0.486 e. The SMILES string of the molecule is CN(C)c1ccc(C(=O)NCc2ccc3c(c2)OCCO3)cc1. The second kappa shape index (κ2) is 6.60. The highest BCUT2D eigenvalue weighted by Crippen LogP contribution is 2.30. The highest BCUT2D eigenvalue weighted by atomic mass is 16.6. The Morgan fingerprint density at radius 2 is 1.74 bits per heavy atom. The van der Waals surface area contributed by atoms with Crippen molar-refractivity contribution in [2.24, 2.45) is 0 Å². The first-order chi connectivity index (χ1) is 11.1. The van der Waals surface area contributed by atoms with E-state index in [2.05, 4.69) is 5.32 Å². The van der Waals surface area contributed by atoms with Gasteiger partial charge in [0.1, 0.15) is 13.2 Å². The molecular formula is C18H20N2O3. The van der Waals surface area contributed by atoms with Crippen LogP contribution in [0, 0.1) is 0 Å². The quantitative estimate of drug-likeness (QED) is 0.942. The number of carbonyl (C=O) groups is 1. The maximum atomic E-state index is 12.2. The number of anilines is 1. The molecule has 23 heavy (non-hydrogen) atoms. The molecule has 1 aliphatic heterocycles. The molecule has 1 N–H and O–H groups in total. The molecule has 0 saturated carbocycles. The van der Waals surface area contributed by atoms with Gasteiger partial charge in [0.25, 0.3) is 5.91 Å². The molecule has 0 atom stereocenters. The van der Waals surface area contributed by atoms with Crippen LogP contribution in [0.15, 0.2) is 42.5 Å². The minimum atomic E-state index is -0.0924. The van der Waals surface area contributed by atoms with Crippen molar-refractivity contribution in [3.63, 3.8) is 0 Å². The maximum Gasteiger partial charge on any atom is 0.251 e. The summed E-state index contributed by atoms with van der Waals surface area (Å²) in [4.78, 5) is 14.2. The fourth-order valence-corrected chi connectivity index (χ4v) is 2.39. The summed E-state index contributed by atoms with van der Waals surface area (Å²) in [5, 5.41) is 2.92. The van der Waals surface area contributed by atoms with E-state index in [4.69, 9.17) is 9.47 Å². The van der Waals surface area contributed by atoms with Crippen molar-refractivity contribution < 1.29 is 14.3 Å². The predicted octanol–water partition coefficient (Wildman–Crippen LogP) is 2.45. The van der Waals surface area contributed by atoms with Crippen molar-refractivity contribution in [1.82, 2.24) is 5.32 Å². The van der Waals surface area contributed by atoms with Gasteiger partial charge in [-0.2, -0.15) is 0 Å². The molecule has 1 heterocycles. The summed E-state index contributed by atoms with van der Waals surface area (Å²) in [5.74, 6) is 1.40. The van der Waals surface area contributed by atoms with Crippen molar-refractivity contribution in [1.29, 1.82) is 0 Å². The smallest absolute Gasteiger partial charge is 0.251 e. The highest BCUT2D eigenvalue weighted by molar-refractivity contribution is 5.94. The Balaban J connectivity index is 1.62. The van der Waals surface area contributed by atoms with Gasteiger partial charge < -0.3 is 19.7 Å². The van der Waals surface area contributed by atoms with Gasteiger partial charge in [-0.1, -0.05) is 6.07 Å². The van der Waals surface area contributed by atoms with E-state index in [-0.39, 0.29) is 5.91 Å². The van der Waals surface area contributed by atoms with Crippen LogP contribution in [0.3, 0.4) is 0 Å². The van der Waals surface area contributed by atoms with Crippen LogP contribution in [0.2, 0.25) is 0 Å². The summed E-state index contributed by atoms with van der Waals surface area (Å²) >= 11 is 0. The third-order valence-corrected chi connectivity index (χ3v) is 3.71. The lowest BCUT2D eigenvalue weighted by Crippen LogP contribution is -2.23. The minimum absolute atomic E-state index is 0.0924. The molecule has 0 aliphatic carbocycles. The highest BCUT2D eigenvalue weighted by Gasteiger charge is 2.12. The van der Waals surface area contributed by atoms with E-state index in [1.807, 2.05) is 61.5 Å². The molecule has 0 unspecified atom stereocenters. The fourth-order valence-electron chi connectivity index (χ4n) is 2.39. The van der Waals surface area contributed by atoms with Crippen molar-refractivity contribution in [2.75, 3.05) is 32.2 Å². The van der Waals surface area contributed by atoms with Crippen LogP contribution in [0.5, 0.6) is 11.5 Å². The number of nitrogens with one attached hydrogen (secondary N) is 1. The number of nitrogens with zero attached hydrogens (tertiary/aromatic N) is 1. The van der Waals surface area contributed by atoms with Crippen molar-refractivity contribution in [3.8, 4) is 11.5 Å². The molecule has 0 aromatic heterocycles. The zero-order valence-electron chi connectivity index (χ0n) is 13.3. The van der Waals surface area contributed by atoms with Gasteiger partial charge in [-0.15, -0.1) is 0 Å². The second-order valence-electron chi connectivity index (χ2n) is 5.60. The van der Waals surface area contributed by atoms with Gasteiger partial charge in [-0.3, -0.25) is 4.79 Å². The van der Waals surface area contributed by atoms with Crippen molar-refractivity contribution in [3.05, 3.63) is 53.6 Å². The Morgan fingerprint density at radius 1 is 1.04 bits per heavy atom. The lowest BCUT2D eigenvalue weighted by Gasteiger charge is -2.19. The summed E-state index contributed by atoms with van der Waals surface area (Å²) in [6.45, 7) is 1.58. The summed E-state index contributed by atoms with van der Waals surface area (Å²) in [5.41, 5.74) is 2.69. The molecular weight excluding hydrogens is 292 g/mol. The van der Waals surface area contributed by atoms with Gasteiger partial charge >= 0.3 is 0 Å². The fraction of sp³-hybridized carbons (Fsp3) is 0.278. The standard InChI is InChI=1S/C18H20N2O3/c1-20(2)15-6-4-14(5-7-15)18(21)19-12-13-3-8-16-17(11-13)23-10-9-22-16/h3-8,11H,9-10,12H2,1-2H3,(H,19,21). The number of rotatable bonds is 4. The summed E-state index contributed by atoms with van der Waals surface area (Å²) in [6, 6.07) is 13.2. The molecule has 3 rings (SSSR count). The number of fused-ring (bicyclic) bond motifs is 1. The number of benzene rings is 2. The summed E-state index contributed by atoms with van der Waals surface area (Å²) in [7, 11) is 3.94. The molecule has 120 valence electrons. The zero-order chi connectivity index (χ0) is 16.2. The van der Waals surface area contributed by atoms with Crippen LogP contribution in [-0.4, -0.2) is 33.2 Å². The van der Waals surface area contributed by atoms with Crippen LogP contribution in [0.1, 0.15) is 15.9 Å². The second-order valence-corrected chi connectivity index (χ2v) is 5.60. The monoisotopic (exact) mass is 312 g/mol. The lowest BCUT2D eigenvalue weighted by atomic mass is 10.1. The molecule has 0 spiro atoms. The van der Waals surface area contributed by atoms with E-state index in [0.717, 1.165) is 22.7 Å². The van der Waals surface area contributed by atoms with E-state index in [9.17, 15) is 4.79 Å². The van der Waals surface area contributed by atoms with E-state index in [0.29, 0.717) is 25.3 Å².